The van der Waals surface area contributed by atoms with E-state index in [1.54, 1.807) is 0 Å². The molecule has 0 aromatic heterocycles. The normalized spacial score (nSPS) is 18.5. The van der Waals surface area contributed by atoms with Crippen LogP contribution in [0.1, 0.15) is 54.5 Å². The standard InChI is InChI=1S/C24H29FN2O3S/c1-17(21-8-7-19-3-2-4-22(19)15-21)26-24(28)20-11-13-27(14-12-20)31(29,30)16-18-5-9-23(25)10-6-18/h5-10,15,17,20H,2-4,11-14,16H2,1H3,(H,26,28)/t17-/m1/s1. The molecule has 0 saturated carbocycles. The zero-order valence-corrected chi connectivity index (χ0v) is 18.6. The van der Waals surface area contributed by atoms with Crippen LogP contribution >= 0.6 is 0 Å². The number of nitrogens with one attached hydrogen (secondary N) is 1. The number of benzene rings is 2. The number of carbonyl (C=O) groups excluding carboxylic acids is 1. The third-order valence-corrected chi connectivity index (χ3v) is 8.31. The molecular weight excluding hydrogens is 415 g/mol. The number of aryl methyl sites for hydroxylation is 2. The van der Waals surface area contributed by atoms with Crippen molar-refractivity contribution in [3.8, 4) is 0 Å². The molecule has 1 amide bonds. The first kappa shape index (κ1) is 22.0. The molecule has 2 aromatic rings. The van der Waals surface area contributed by atoms with Crippen LogP contribution in [-0.4, -0.2) is 31.7 Å². The van der Waals surface area contributed by atoms with E-state index >= 15 is 0 Å². The van der Waals surface area contributed by atoms with Gasteiger partial charge in [-0.1, -0.05) is 30.3 Å². The van der Waals surface area contributed by atoms with E-state index < -0.39 is 10.0 Å². The van der Waals surface area contributed by atoms with Crippen molar-refractivity contribution in [2.24, 2.45) is 5.92 Å². The Morgan fingerprint density at radius 1 is 1.10 bits per heavy atom. The summed E-state index contributed by atoms with van der Waals surface area (Å²) in [6, 6.07) is 11.9. The SMILES string of the molecule is C[C@@H](NC(=O)C1CCN(S(=O)(=O)Cc2ccc(F)cc2)CC1)c1ccc2c(c1)CCC2. The predicted octanol–water partition coefficient (Wildman–Crippen LogP) is 3.73. The molecule has 1 aliphatic carbocycles. The molecule has 0 radical (unpaired) electrons. The highest BCUT2D eigenvalue weighted by molar-refractivity contribution is 7.88. The fraction of sp³-hybridized carbons (Fsp3) is 0.458. The van der Waals surface area contributed by atoms with Gasteiger partial charge < -0.3 is 5.32 Å². The van der Waals surface area contributed by atoms with Gasteiger partial charge in [0.25, 0.3) is 0 Å². The molecule has 1 atom stereocenters. The van der Waals surface area contributed by atoms with Crippen molar-refractivity contribution in [1.82, 2.24) is 9.62 Å². The van der Waals surface area contributed by atoms with Crippen LogP contribution in [0.3, 0.4) is 0 Å². The molecule has 0 spiro atoms. The molecule has 0 unspecified atom stereocenters. The number of nitrogens with zero attached hydrogens (tertiary/aromatic N) is 1. The van der Waals surface area contributed by atoms with E-state index in [1.165, 1.54) is 46.1 Å². The minimum absolute atomic E-state index is 0.0106. The summed E-state index contributed by atoms with van der Waals surface area (Å²) in [5.74, 6) is -0.737. The first-order valence-corrected chi connectivity index (χ1v) is 12.6. The summed E-state index contributed by atoms with van der Waals surface area (Å²) >= 11 is 0. The first-order valence-electron chi connectivity index (χ1n) is 11.0. The number of hydrogen-bond donors (Lipinski definition) is 1. The average Bonchev–Trinajstić information content (AvgIpc) is 3.23. The highest BCUT2D eigenvalue weighted by Crippen LogP contribution is 2.27. The van der Waals surface area contributed by atoms with E-state index in [2.05, 4.69) is 23.5 Å². The second kappa shape index (κ2) is 9.09. The smallest absolute Gasteiger partial charge is 0.223 e. The number of rotatable bonds is 6. The Kier molecular flexibility index (Phi) is 6.44. The number of carbonyl (C=O) groups is 1. The summed E-state index contributed by atoms with van der Waals surface area (Å²) in [6.07, 6.45) is 4.45. The van der Waals surface area contributed by atoms with Crippen molar-refractivity contribution in [1.29, 1.82) is 0 Å². The first-order chi connectivity index (χ1) is 14.8. The maximum atomic E-state index is 13.1. The van der Waals surface area contributed by atoms with Crippen LogP contribution in [0.5, 0.6) is 0 Å². The number of sulfonamides is 1. The highest BCUT2D eigenvalue weighted by atomic mass is 32.2. The van der Waals surface area contributed by atoms with Crippen molar-refractivity contribution in [2.45, 2.75) is 50.8 Å². The lowest BCUT2D eigenvalue weighted by Gasteiger charge is -2.31. The summed E-state index contributed by atoms with van der Waals surface area (Å²) in [7, 11) is -3.49. The van der Waals surface area contributed by atoms with Gasteiger partial charge in [0.2, 0.25) is 15.9 Å². The Labute approximate surface area is 183 Å². The Bertz CT molecular complexity index is 1040. The van der Waals surface area contributed by atoms with Gasteiger partial charge in [0.15, 0.2) is 0 Å². The number of amides is 1. The maximum absolute atomic E-state index is 13.1. The van der Waals surface area contributed by atoms with Crippen molar-refractivity contribution >= 4 is 15.9 Å². The Hall–Kier alpha value is -2.25. The number of fused-ring (bicyclic) bond motifs is 1. The summed E-state index contributed by atoms with van der Waals surface area (Å²) < 4.78 is 39.9. The van der Waals surface area contributed by atoms with Crippen LogP contribution in [-0.2, 0) is 33.4 Å². The molecular formula is C24H29FN2O3S. The third-order valence-electron chi connectivity index (χ3n) is 6.46. The summed E-state index contributed by atoms with van der Waals surface area (Å²) in [6.45, 7) is 2.65. The van der Waals surface area contributed by atoms with E-state index in [0.717, 1.165) is 18.4 Å². The molecule has 0 bridgehead atoms. The monoisotopic (exact) mass is 444 g/mol. The molecule has 31 heavy (non-hydrogen) atoms. The van der Waals surface area contributed by atoms with Crippen LogP contribution in [0.25, 0.3) is 0 Å². The Morgan fingerprint density at radius 2 is 1.77 bits per heavy atom. The molecule has 2 aliphatic rings. The summed E-state index contributed by atoms with van der Waals surface area (Å²) in [5.41, 5.74) is 4.48. The van der Waals surface area contributed by atoms with Crippen LogP contribution in [0.2, 0.25) is 0 Å². The molecule has 1 saturated heterocycles. The average molecular weight is 445 g/mol. The second-order valence-electron chi connectivity index (χ2n) is 8.67. The van der Waals surface area contributed by atoms with E-state index in [-0.39, 0.29) is 29.4 Å². The van der Waals surface area contributed by atoms with E-state index in [9.17, 15) is 17.6 Å². The highest BCUT2D eigenvalue weighted by Gasteiger charge is 2.31. The van der Waals surface area contributed by atoms with Gasteiger partial charge in [-0.05, 0) is 73.4 Å². The topological polar surface area (TPSA) is 66.5 Å². The maximum Gasteiger partial charge on any atom is 0.223 e. The molecule has 1 heterocycles. The lowest BCUT2D eigenvalue weighted by atomic mass is 9.96. The third kappa shape index (κ3) is 5.15. The largest absolute Gasteiger partial charge is 0.349 e. The molecule has 4 rings (SSSR count). The summed E-state index contributed by atoms with van der Waals surface area (Å²) in [4.78, 5) is 12.8. The van der Waals surface area contributed by atoms with Gasteiger partial charge >= 0.3 is 0 Å². The van der Waals surface area contributed by atoms with Gasteiger partial charge in [-0.25, -0.2) is 17.1 Å². The van der Waals surface area contributed by atoms with Gasteiger partial charge in [0, 0.05) is 19.0 Å². The van der Waals surface area contributed by atoms with Crippen molar-refractivity contribution < 1.29 is 17.6 Å². The number of halogens is 1. The fourth-order valence-electron chi connectivity index (χ4n) is 4.55. The quantitative estimate of drug-likeness (QED) is 0.738. The van der Waals surface area contributed by atoms with E-state index in [1.807, 2.05) is 6.92 Å². The fourth-order valence-corrected chi connectivity index (χ4v) is 6.12. The van der Waals surface area contributed by atoms with Gasteiger partial charge in [-0.3, -0.25) is 4.79 Å². The molecule has 5 nitrogen and oxygen atoms in total. The van der Waals surface area contributed by atoms with Crippen molar-refractivity contribution in [3.05, 3.63) is 70.5 Å². The Balaban J connectivity index is 1.30. The number of hydrogen-bond acceptors (Lipinski definition) is 3. The molecule has 1 N–H and O–H groups in total. The lowest BCUT2D eigenvalue weighted by Crippen LogP contribution is -2.43. The van der Waals surface area contributed by atoms with Gasteiger partial charge in [-0.15, -0.1) is 0 Å². The van der Waals surface area contributed by atoms with E-state index in [0.29, 0.717) is 31.5 Å². The minimum atomic E-state index is -3.49. The molecule has 1 fully saturated rings. The van der Waals surface area contributed by atoms with Crippen molar-refractivity contribution in [2.75, 3.05) is 13.1 Å². The minimum Gasteiger partial charge on any atom is -0.349 e. The second-order valence-corrected chi connectivity index (χ2v) is 10.6. The van der Waals surface area contributed by atoms with E-state index in [4.69, 9.17) is 0 Å². The Morgan fingerprint density at radius 3 is 2.48 bits per heavy atom. The van der Waals surface area contributed by atoms with Crippen LogP contribution in [0.4, 0.5) is 4.39 Å². The van der Waals surface area contributed by atoms with Crippen LogP contribution in [0.15, 0.2) is 42.5 Å². The predicted molar refractivity (Wildman–Crippen MR) is 118 cm³/mol. The van der Waals surface area contributed by atoms with Crippen molar-refractivity contribution in [3.63, 3.8) is 0 Å². The number of piperidine rings is 1. The molecule has 7 heteroatoms. The molecule has 2 aromatic carbocycles. The van der Waals surface area contributed by atoms with Gasteiger partial charge in [-0.2, -0.15) is 0 Å². The molecule has 166 valence electrons. The zero-order valence-electron chi connectivity index (χ0n) is 17.8. The zero-order chi connectivity index (χ0) is 22.0. The van der Waals surface area contributed by atoms with Crippen LogP contribution in [0, 0.1) is 11.7 Å². The molecule has 1 aliphatic heterocycles. The lowest BCUT2D eigenvalue weighted by molar-refractivity contribution is -0.126. The summed E-state index contributed by atoms with van der Waals surface area (Å²) in [5, 5.41) is 3.11. The van der Waals surface area contributed by atoms with Gasteiger partial charge in [0.05, 0.1) is 11.8 Å². The van der Waals surface area contributed by atoms with Crippen LogP contribution < -0.4 is 5.32 Å². The van der Waals surface area contributed by atoms with Gasteiger partial charge in [0.1, 0.15) is 5.82 Å².